The molecule has 1 aliphatic rings. The normalized spacial score (nSPS) is 20.7. The van der Waals surface area contributed by atoms with Crippen LogP contribution in [0.25, 0.3) is 10.8 Å². The molecule has 4 rings (SSSR count). The third-order valence-corrected chi connectivity index (χ3v) is 5.14. The molecule has 0 saturated carbocycles. The minimum absolute atomic E-state index is 0.0855. The first-order valence-electron chi connectivity index (χ1n) is 8.85. The van der Waals surface area contributed by atoms with Crippen LogP contribution in [0.4, 0.5) is 4.79 Å². The van der Waals surface area contributed by atoms with Crippen molar-refractivity contribution >= 4 is 22.7 Å². The van der Waals surface area contributed by atoms with Crippen molar-refractivity contribution in [1.82, 2.24) is 10.2 Å². The van der Waals surface area contributed by atoms with Crippen LogP contribution < -0.4 is 5.32 Å². The molecule has 0 spiro atoms. The highest BCUT2D eigenvalue weighted by atomic mass is 16.3. The molecule has 2 unspecified atom stereocenters. The molecule has 1 heterocycles. The molecule has 2 N–H and O–H groups in total. The van der Waals surface area contributed by atoms with Gasteiger partial charge in [0.1, 0.15) is 5.54 Å². The van der Waals surface area contributed by atoms with Gasteiger partial charge in [0.2, 0.25) is 0 Å². The Labute approximate surface area is 157 Å². The van der Waals surface area contributed by atoms with Crippen LogP contribution in [-0.2, 0) is 10.3 Å². The van der Waals surface area contributed by atoms with E-state index in [1.54, 1.807) is 19.1 Å². The summed E-state index contributed by atoms with van der Waals surface area (Å²) < 4.78 is 0. The van der Waals surface area contributed by atoms with E-state index in [9.17, 15) is 14.7 Å². The Bertz CT molecular complexity index is 1020. The minimum atomic E-state index is -1.16. The summed E-state index contributed by atoms with van der Waals surface area (Å²) in [7, 11) is 0. The third kappa shape index (κ3) is 2.96. The highest BCUT2D eigenvalue weighted by molar-refractivity contribution is 6.07. The summed E-state index contributed by atoms with van der Waals surface area (Å²) in [4.78, 5) is 26.6. The summed E-state index contributed by atoms with van der Waals surface area (Å²) in [6.07, 6.45) is -0.931. The standard InChI is InChI=1S/C22H20N2O3/c1-22(18-12-11-15-7-5-6-10-17(15)13-18)20(26)24(21(27)23-22)14-19(25)16-8-3-2-4-9-16/h2-13,19,25H,14H2,1H3,(H,23,27). The molecular formula is C22H20N2O3. The predicted molar refractivity (Wildman–Crippen MR) is 103 cm³/mol. The molecule has 5 heteroatoms. The molecule has 3 aromatic carbocycles. The van der Waals surface area contributed by atoms with Gasteiger partial charge < -0.3 is 10.4 Å². The van der Waals surface area contributed by atoms with Crippen LogP contribution in [0.1, 0.15) is 24.2 Å². The number of rotatable bonds is 4. The topological polar surface area (TPSA) is 69.6 Å². The van der Waals surface area contributed by atoms with Crippen molar-refractivity contribution in [3.8, 4) is 0 Å². The molecule has 1 fully saturated rings. The Morgan fingerprint density at radius 2 is 1.63 bits per heavy atom. The van der Waals surface area contributed by atoms with E-state index in [4.69, 9.17) is 0 Å². The maximum atomic E-state index is 13.1. The average molecular weight is 360 g/mol. The van der Waals surface area contributed by atoms with Crippen molar-refractivity contribution in [2.24, 2.45) is 0 Å². The average Bonchev–Trinajstić information content (AvgIpc) is 2.92. The second-order valence-electron chi connectivity index (χ2n) is 6.96. The Hall–Kier alpha value is -3.18. The maximum absolute atomic E-state index is 13.1. The molecule has 136 valence electrons. The van der Waals surface area contributed by atoms with E-state index in [-0.39, 0.29) is 12.5 Å². The Morgan fingerprint density at radius 3 is 2.37 bits per heavy atom. The lowest BCUT2D eigenvalue weighted by Gasteiger charge is -2.23. The maximum Gasteiger partial charge on any atom is 0.325 e. The van der Waals surface area contributed by atoms with Crippen molar-refractivity contribution in [2.75, 3.05) is 6.54 Å². The molecule has 2 atom stereocenters. The van der Waals surface area contributed by atoms with E-state index < -0.39 is 17.7 Å². The summed E-state index contributed by atoms with van der Waals surface area (Å²) in [5, 5.41) is 15.3. The summed E-state index contributed by atoms with van der Waals surface area (Å²) >= 11 is 0. The largest absolute Gasteiger partial charge is 0.387 e. The number of aliphatic hydroxyl groups excluding tert-OH is 1. The van der Waals surface area contributed by atoms with Crippen LogP contribution >= 0.6 is 0 Å². The number of β-amino-alcohol motifs (C(OH)–C–C–N with tert-alkyl or cyclic N) is 1. The molecule has 0 bridgehead atoms. The van der Waals surface area contributed by atoms with Gasteiger partial charge in [0, 0.05) is 0 Å². The molecule has 3 aromatic rings. The van der Waals surface area contributed by atoms with Gasteiger partial charge in [-0.25, -0.2) is 4.79 Å². The van der Waals surface area contributed by atoms with Crippen LogP contribution in [0.3, 0.4) is 0 Å². The molecule has 0 aromatic heterocycles. The molecular weight excluding hydrogens is 340 g/mol. The van der Waals surface area contributed by atoms with Gasteiger partial charge in [0.25, 0.3) is 5.91 Å². The van der Waals surface area contributed by atoms with Gasteiger partial charge >= 0.3 is 6.03 Å². The predicted octanol–water partition coefficient (Wildman–Crippen LogP) is 3.34. The number of carbonyl (C=O) groups excluding carboxylic acids is 2. The number of amides is 3. The lowest BCUT2D eigenvalue weighted by molar-refractivity contribution is -0.132. The first-order chi connectivity index (χ1) is 13.0. The van der Waals surface area contributed by atoms with Crippen molar-refractivity contribution in [3.63, 3.8) is 0 Å². The summed E-state index contributed by atoms with van der Waals surface area (Å²) in [5.41, 5.74) is 0.228. The molecule has 5 nitrogen and oxygen atoms in total. The number of hydrogen-bond donors (Lipinski definition) is 2. The Morgan fingerprint density at radius 1 is 0.963 bits per heavy atom. The Kier molecular flexibility index (Phi) is 4.16. The van der Waals surface area contributed by atoms with Gasteiger partial charge in [-0.05, 0) is 34.9 Å². The summed E-state index contributed by atoms with van der Waals surface area (Å²) in [6, 6.07) is 22.1. The molecule has 1 aliphatic heterocycles. The zero-order valence-electron chi connectivity index (χ0n) is 14.9. The van der Waals surface area contributed by atoms with Crippen LogP contribution in [0.15, 0.2) is 72.8 Å². The molecule has 1 saturated heterocycles. The fourth-order valence-corrected chi connectivity index (χ4v) is 3.51. The lowest BCUT2D eigenvalue weighted by atomic mass is 9.90. The van der Waals surface area contributed by atoms with Crippen molar-refractivity contribution < 1.29 is 14.7 Å². The first-order valence-corrected chi connectivity index (χ1v) is 8.85. The van der Waals surface area contributed by atoms with E-state index in [1.807, 2.05) is 60.7 Å². The van der Waals surface area contributed by atoms with Crippen molar-refractivity contribution in [1.29, 1.82) is 0 Å². The number of imide groups is 1. The second-order valence-corrected chi connectivity index (χ2v) is 6.96. The molecule has 3 amide bonds. The smallest absolute Gasteiger partial charge is 0.325 e. The second kappa shape index (κ2) is 6.52. The highest BCUT2D eigenvalue weighted by Gasteiger charge is 2.49. The van der Waals surface area contributed by atoms with Crippen LogP contribution in [0.5, 0.6) is 0 Å². The number of nitrogens with one attached hydrogen (secondary N) is 1. The van der Waals surface area contributed by atoms with Crippen LogP contribution in [-0.4, -0.2) is 28.5 Å². The van der Waals surface area contributed by atoms with Gasteiger partial charge in [-0.1, -0.05) is 66.7 Å². The number of hydrogen-bond acceptors (Lipinski definition) is 3. The zero-order chi connectivity index (χ0) is 19.0. The number of fused-ring (bicyclic) bond motifs is 1. The number of carbonyl (C=O) groups is 2. The number of benzene rings is 3. The van der Waals surface area contributed by atoms with E-state index >= 15 is 0 Å². The fraction of sp³-hybridized carbons (Fsp3) is 0.182. The molecule has 27 heavy (non-hydrogen) atoms. The van der Waals surface area contributed by atoms with E-state index in [0.29, 0.717) is 5.56 Å². The molecule has 0 aliphatic carbocycles. The molecule has 0 radical (unpaired) electrons. The van der Waals surface area contributed by atoms with Crippen LogP contribution in [0.2, 0.25) is 0 Å². The van der Waals surface area contributed by atoms with Crippen molar-refractivity contribution in [3.05, 3.63) is 83.9 Å². The first kappa shape index (κ1) is 17.2. The van der Waals surface area contributed by atoms with E-state index in [0.717, 1.165) is 21.2 Å². The summed E-state index contributed by atoms with van der Waals surface area (Å²) in [6.45, 7) is 1.62. The minimum Gasteiger partial charge on any atom is -0.387 e. The van der Waals surface area contributed by atoms with Gasteiger partial charge in [0.05, 0.1) is 12.6 Å². The van der Waals surface area contributed by atoms with E-state index in [1.165, 1.54) is 0 Å². The SMILES string of the molecule is CC1(c2ccc3ccccc3c2)NC(=O)N(CC(O)c2ccccc2)C1=O. The quantitative estimate of drug-likeness (QED) is 0.701. The zero-order valence-corrected chi connectivity index (χ0v) is 14.9. The fourth-order valence-electron chi connectivity index (χ4n) is 3.51. The highest BCUT2D eigenvalue weighted by Crippen LogP contribution is 2.32. The van der Waals surface area contributed by atoms with Gasteiger partial charge in [-0.15, -0.1) is 0 Å². The number of nitrogens with zero attached hydrogens (tertiary/aromatic N) is 1. The number of aliphatic hydroxyl groups is 1. The van der Waals surface area contributed by atoms with Gasteiger partial charge in [-0.2, -0.15) is 0 Å². The van der Waals surface area contributed by atoms with Gasteiger partial charge in [0.15, 0.2) is 0 Å². The monoisotopic (exact) mass is 360 g/mol. The van der Waals surface area contributed by atoms with Crippen molar-refractivity contribution in [2.45, 2.75) is 18.6 Å². The third-order valence-electron chi connectivity index (χ3n) is 5.14. The summed E-state index contributed by atoms with van der Waals surface area (Å²) in [5.74, 6) is -0.363. The van der Waals surface area contributed by atoms with Crippen LogP contribution in [0, 0.1) is 0 Å². The Balaban J connectivity index is 1.62. The van der Waals surface area contributed by atoms with E-state index in [2.05, 4.69) is 5.32 Å². The number of urea groups is 1. The van der Waals surface area contributed by atoms with Gasteiger partial charge in [-0.3, -0.25) is 9.69 Å². The lowest BCUT2D eigenvalue weighted by Crippen LogP contribution is -2.41.